The van der Waals surface area contributed by atoms with Gasteiger partial charge in [0.2, 0.25) is 0 Å². The molecule has 0 spiro atoms. The van der Waals surface area contributed by atoms with Gasteiger partial charge in [-0.15, -0.1) is 0 Å². The second kappa shape index (κ2) is 4.82. The summed E-state index contributed by atoms with van der Waals surface area (Å²) < 4.78 is 26.0. The van der Waals surface area contributed by atoms with Crippen LogP contribution in [0.15, 0.2) is 36.4 Å². The molecule has 5 heteroatoms. The van der Waals surface area contributed by atoms with Crippen molar-refractivity contribution in [3.8, 4) is 0 Å². The quantitative estimate of drug-likeness (QED) is 0.835. The molecule has 0 atom stereocenters. The van der Waals surface area contributed by atoms with Gasteiger partial charge in [0.15, 0.2) is 0 Å². The number of nitrogens with two attached hydrogens (primary N) is 1. The average Bonchev–Trinajstić information content (AvgIpc) is 2.34. The van der Waals surface area contributed by atoms with E-state index in [9.17, 15) is 8.78 Å². The third kappa shape index (κ3) is 2.38. The maximum atomic E-state index is 13.2. The lowest BCUT2D eigenvalue weighted by Crippen LogP contribution is -2.12. The standard InChI is InChI=1S/C13H11ClF2N2/c1-18(9-4-2-8(15)3-5-9)13-6-10(14)11(16)7-12(13)17/h2-7H,17H2,1H3. The Labute approximate surface area is 109 Å². The number of hydrogen-bond donors (Lipinski definition) is 1. The molecule has 2 aromatic carbocycles. The van der Waals surface area contributed by atoms with Crippen LogP contribution in [0.25, 0.3) is 0 Å². The fourth-order valence-corrected chi connectivity index (χ4v) is 1.80. The highest BCUT2D eigenvalue weighted by Crippen LogP contribution is 2.32. The first kappa shape index (κ1) is 12.6. The summed E-state index contributed by atoms with van der Waals surface area (Å²) in [6.07, 6.45) is 0. The number of anilines is 3. The Kier molecular flexibility index (Phi) is 3.39. The highest BCUT2D eigenvalue weighted by Gasteiger charge is 2.11. The van der Waals surface area contributed by atoms with Crippen LogP contribution < -0.4 is 10.6 Å². The third-order valence-electron chi connectivity index (χ3n) is 2.64. The molecule has 0 aromatic heterocycles. The Hall–Kier alpha value is -1.81. The SMILES string of the molecule is CN(c1ccc(F)cc1)c1cc(Cl)c(F)cc1N. The van der Waals surface area contributed by atoms with Gasteiger partial charge in [-0.2, -0.15) is 0 Å². The van der Waals surface area contributed by atoms with Gasteiger partial charge < -0.3 is 10.6 Å². The lowest BCUT2D eigenvalue weighted by molar-refractivity contribution is 0.628. The highest BCUT2D eigenvalue weighted by molar-refractivity contribution is 6.31. The van der Waals surface area contributed by atoms with E-state index in [-0.39, 0.29) is 16.5 Å². The van der Waals surface area contributed by atoms with Crippen molar-refractivity contribution in [2.75, 3.05) is 17.7 Å². The minimum atomic E-state index is -0.564. The fraction of sp³-hybridized carbons (Fsp3) is 0.0769. The summed E-state index contributed by atoms with van der Waals surface area (Å²) in [6, 6.07) is 8.49. The number of nitrogens with zero attached hydrogens (tertiary/aromatic N) is 1. The molecule has 2 aromatic rings. The lowest BCUT2D eigenvalue weighted by atomic mass is 10.2. The van der Waals surface area contributed by atoms with Crippen molar-refractivity contribution in [2.24, 2.45) is 0 Å². The zero-order valence-electron chi connectivity index (χ0n) is 9.62. The van der Waals surface area contributed by atoms with Crippen LogP contribution in [0.3, 0.4) is 0 Å². The second-order valence-corrected chi connectivity index (χ2v) is 4.27. The van der Waals surface area contributed by atoms with E-state index in [4.69, 9.17) is 17.3 Å². The molecule has 18 heavy (non-hydrogen) atoms. The molecule has 2 nitrogen and oxygen atoms in total. The first-order chi connectivity index (χ1) is 8.49. The van der Waals surface area contributed by atoms with Crippen LogP contribution >= 0.6 is 11.6 Å². The first-order valence-corrected chi connectivity index (χ1v) is 5.60. The first-order valence-electron chi connectivity index (χ1n) is 5.23. The Morgan fingerprint density at radius 3 is 2.33 bits per heavy atom. The number of halogens is 3. The number of nitrogen functional groups attached to an aromatic ring is 1. The van der Waals surface area contributed by atoms with Crippen LogP contribution in [0, 0.1) is 11.6 Å². The lowest BCUT2D eigenvalue weighted by Gasteiger charge is -2.21. The molecule has 0 aliphatic rings. The van der Waals surface area contributed by atoms with Gasteiger partial charge in [-0.05, 0) is 30.3 Å². The average molecular weight is 269 g/mol. The van der Waals surface area contributed by atoms with Crippen LogP contribution in [0.2, 0.25) is 5.02 Å². The van der Waals surface area contributed by atoms with Crippen molar-refractivity contribution < 1.29 is 8.78 Å². The van der Waals surface area contributed by atoms with Gasteiger partial charge in [0.05, 0.1) is 16.4 Å². The van der Waals surface area contributed by atoms with Gasteiger partial charge in [-0.25, -0.2) is 8.78 Å². The Bertz CT molecular complexity index is 570. The third-order valence-corrected chi connectivity index (χ3v) is 2.93. The fourth-order valence-electron chi connectivity index (χ4n) is 1.65. The molecule has 0 bridgehead atoms. The van der Waals surface area contributed by atoms with Gasteiger partial charge in [0.25, 0.3) is 0 Å². The number of rotatable bonds is 2. The van der Waals surface area contributed by atoms with E-state index in [1.54, 1.807) is 24.1 Å². The summed E-state index contributed by atoms with van der Waals surface area (Å²) in [5, 5.41) is -0.00633. The summed E-state index contributed by atoms with van der Waals surface area (Å²) in [5.41, 5.74) is 7.30. The molecular weight excluding hydrogens is 258 g/mol. The summed E-state index contributed by atoms with van der Waals surface area (Å²) >= 11 is 5.73. The minimum absolute atomic E-state index is 0.00633. The molecule has 2 rings (SSSR count). The zero-order chi connectivity index (χ0) is 13.3. The van der Waals surface area contributed by atoms with E-state index in [0.29, 0.717) is 5.69 Å². The predicted molar refractivity (Wildman–Crippen MR) is 70.3 cm³/mol. The van der Waals surface area contributed by atoms with Gasteiger partial charge in [-0.3, -0.25) is 0 Å². The van der Waals surface area contributed by atoms with E-state index in [1.807, 2.05) is 0 Å². The van der Waals surface area contributed by atoms with E-state index < -0.39 is 5.82 Å². The van der Waals surface area contributed by atoms with Crippen molar-refractivity contribution in [3.05, 3.63) is 53.1 Å². The van der Waals surface area contributed by atoms with E-state index in [2.05, 4.69) is 0 Å². The van der Waals surface area contributed by atoms with Crippen molar-refractivity contribution >= 4 is 28.7 Å². The predicted octanol–water partition coefficient (Wildman–Crippen LogP) is 3.97. The molecule has 0 aliphatic heterocycles. The summed E-state index contributed by atoms with van der Waals surface area (Å²) in [5.74, 6) is -0.886. The zero-order valence-corrected chi connectivity index (χ0v) is 10.4. The van der Waals surface area contributed by atoms with Crippen molar-refractivity contribution in [1.29, 1.82) is 0 Å². The molecule has 0 unspecified atom stereocenters. The molecule has 0 aliphatic carbocycles. The maximum absolute atomic E-state index is 13.2. The number of hydrogen-bond acceptors (Lipinski definition) is 2. The minimum Gasteiger partial charge on any atom is -0.397 e. The topological polar surface area (TPSA) is 29.3 Å². The Morgan fingerprint density at radius 1 is 1.11 bits per heavy atom. The molecule has 94 valence electrons. The van der Waals surface area contributed by atoms with E-state index >= 15 is 0 Å². The second-order valence-electron chi connectivity index (χ2n) is 3.86. The van der Waals surface area contributed by atoms with Crippen LogP contribution in [0.4, 0.5) is 25.8 Å². The van der Waals surface area contributed by atoms with Crippen molar-refractivity contribution in [3.63, 3.8) is 0 Å². The van der Waals surface area contributed by atoms with Crippen molar-refractivity contribution in [2.45, 2.75) is 0 Å². The molecule has 0 amide bonds. The largest absolute Gasteiger partial charge is 0.397 e. The van der Waals surface area contributed by atoms with E-state index in [1.165, 1.54) is 18.2 Å². The molecule has 0 saturated carbocycles. The van der Waals surface area contributed by atoms with Gasteiger partial charge >= 0.3 is 0 Å². The van der Waals surface area contributed by atoms with E-state index in [0.717, 1.165) is 11.8 Å². The summed E-state index contributed by atoms with van der Waals surface area (Å²) in [4.78, 5) is 1.71. The van der Waals surface area contributed by atoms with Gasteiger partial charge in [0.1, 0.15) is 11.6 Å². The molecule has 0 fully saturated rings. The van der Waals surface area contributed by atoms with Crippen LogP contribution in [0.1, 0.15) is 0 Å². The highest BCUT2D eigenvalue weighted by atomic mass is 35.5. The number of benzene rings is 2. The maximum Gasteiger partial charge on any atom is 0.143 e. The Balaban J connectivity index is 2.42. The Morgan fingerprint density at radius 2 is 1.72 bits per heavy atom. The molecule has 0 heterocycles. The summed E-state index contributed by atoms with van der Waals surface area (Å²) in [7, 11) is 1.74. The van der Waals surface area contributed by atoms with Crippen molar-refractivity contribution in [1.82, 2.24) is 0 Å². The van der Waals surface area contributed by atoms with Gasteiger partial charge in [-0.1, -0.05) is 11.6 Å². The molecular formula is C13H11ClF2N2. The monoisotopic (exact) mass is 268 g/mol. The molecule has 0 saturated heterocycles. The smallest absolute Gasteiger partial charge is 0.143 e. The van der Waals surface area contributed by atoms with Gasteiger partial charge in [0, 0.05) is 18.8 Å². The molecule has 2 N–H and O–H groups in total. The molecule has 0 radical (unpaired) electrons. The summed E-state index contributed by atoms with van der Waals surface area (Å²) in [6.45, 7) is 0. The normalized spacial score (nSPS) is 10.4. The van der Waals surface area contributed by atoms with Crippen LogP contribution in [-0.2, 0) is 0 Å². The van der Waals surface area contributed by atoms with Crippen LogP contribution in [-0.4, -0.2) is 7.05 Å². The van der Waals surface area contributed by atoms with Crippen LogP contribution in [0.5, 0.6) is 0 Å².